The van der Waals surface area contributed by atoms with Gasteiger partial charge in [-0.15, -0.1) is 11.6 Å². The van der Waals surface area contributed by atoms with Gasteiger partial charge in [-0.3, -0.25) is 10.1 Å². The largest absolute Gasteiger partial charge is 0.324 e. The lowest BCUT2D eigenvalue weighted by atomic mass is 9.92. The molecule has 0 spiro atoms. The van der Waals surface area contributed by atoms with E-state index in [1.165, 1.54) is 0 Å². The number of alkyl halides is 1. The van der Waals surface area contributed by atoms with Crippen LogP contribution in [0.3, 0.4) is 0 Å². The molecule has 3 unspecified atom stereocenters. The summed E-state index contributed by atoms with van der Waals surface area (Å²) in [6.07, 6.45) is 2.12. The van der Waals surface area contributed by atoms with Gasteiger partial charge in [-0.05, 0) is 32.6 Å². The van der Waals surface area contributed by atoms with E-state index in [2.05, 4.69) is 12.2 Å². The van der Waals surface area contributed by atoms with Crippen molar-refractivity contribution in [2.45, 2.75) is 45.0 Å². The smallest absolute Gasteiger partial charge is 0.321 e. The zero-order valence-electron chi connectivity index (χ0n) is 10.00. The Morgan fingerprint density at radius 3 is 2.62 bits per heavy atom. The molecule has 5 heteroatoms. The number of piperidine rings is 1. The number of carbonyl (C=O) groups excluding carboxylic acids is 2. The molecule has 4 nitrogen and oxygen atoms in total. The highest BCUT2D eigenvalue weighted by atomic mass is 35.5. The average Bonchev–Trinajstić information content (AvgIpc) is 2.21. The van der Waals surface area contributed by atoms with Crippen molar-refractivity contribution in [2.75, 3.05) is 6.54 Å². The van der Waals surface area contributed by atoms with Gasteiger partial charge in [0.05, 0.1) is 0 Å². The summed E-state index contributed by atoms with van der Waals surface area (Å²) >= 11 is 5.59. The minimum Gasteiger partial charge on any atom is -0.321 e. The minimum absolute atomic E-state index is 0.173. The van der Waals surface area contributed by atoms with Crippen molar-refractivity contribution >= 4 is 23.5 Å². The standard InChI is InChI=1S/C11H19ClN2O2/c1-7-5-4-6-14(9(7)3)11(16)13-10(15)8(2)12/h7-9H,4-6H2,1-3H3,(H,13,15,16). The van der Waals surface area contributed by atoms with Gasteiger partial charge < -0.3 is 4.90 Å². The Kier molecular flexibility index (Phi) is 4.59. The normalized spacial score (nSPS) is 27.4. The van der Waals surface area contributed by atoms with Gasteiger partial charge in [-0.2, -0.15) is 0 Å². The second kappa shape index (κ2) is 5.53. The number of likely N-dealkylation sites (tertiary alicyclic amines) is 1. The Morgan fingerprint density at radius 2 is 2.06 bits per heavy atom. The molecule has 0 aromatic heterocycles. The molecular formula is C11H19ClN2O2. The van der Waals surface area contributed by atoms with E-state index in [9.17, 15) is 9.59 Å². The fraction of sp³-hybridized carbons (Fsp3) is 0.818. The van der Waals surface area contributed by atoms with Gasteiger partial charge >= 0.3 is 6.03 Å². The van der Waals surface area contributed by atoms with E-state index < -0.39 is 11.3 Å². The average molecular weight is 247 g/mol. The summed E-state index contributed by atoms with van der Waals surface area (Å²) in [5.74, 6) is 0.0418. The number of carbonyl (C=O) groups is 2. The van der Waals surface area contributed by atoms with E-state index in [1.807, 2.05) is 6.92 Å². The lowest BCUT2D eigenvalue weighted by Gasteiger charge is -2.37. The molecule has 0 aliphatic carbocycles. The molecule has 0 aromatic carbocycles. The summed E-state index contributed by atoms with van der Waals surface area (Å²) in [6, 6.07) is -0.149. The molecule has 0 bridgehead atoms. The molecule has 0 aromatic rings. The van der Waals surface area contributed by atoms with Gasteiger partial charge in [-0.25, -0.2) is 4.79 Å². The van der Waals surface area contributed by atoms with Crippen molar-refractivity contribution in [3.8, 4) is 0 Å². The van der Waals surface area contributed by atoms with Crippen LogP contribution < -0.4 is 5.32 Å². The number of amides is 3. The fourth-order valence-corrected chi connectivity index (χ4v) is 1.95. The fourth-order valence-electron chi connectivity index (χ4n) is 1.90. The van der Waals surface area contributed by atoms with Crippen LogP contribution in [0.1, 0.15) is 33.6 Å². The monoisotopic (exact) mass is 246 g/mol. The van der Waals surface area contributed by atoms with Crippen LogP contribution in [0.15, 0.2) is 0 Å². The summed E-state index contributed by atoms with van der Waals surface area (Å²) in [5.41, 5.74) is 0. The molecule has 92 valence electrons. The summed E-state index contributed by atoms with van der Waals surface area (Å²) < 4.78 is 0. The zero-order valence-corrected chi connectivity index (χ0v) is 10.8. The first-order valence-corrected chi connectivity index (χ1v) is 6.12. The lowest BCUT2D eigenvalue weighted by molar-refractivity contribution is -0.119. The van der Waals surface area contributed by atoms with E-state index in [0.29, 0.717) is 12.5 Å². The Morgan fingerprint density at radius 1 is 1.44 bits per heavy atom. The number of imide groups is 1. The van der Waals surface area contributed by atoms with Crippen LogP contribution >= 0.6 is 11.6 Å². The van der Waals surface area contributed by atoms with Crippen LogP contribution in [0.4, 0.5) is 4.79 Å². The van der Waals surface area contributed by atoms with E-state index >= 15 is 0 Å². The van der Waals surface area contributed by atoms with Crippen LogP contribution in [0.2, 0.25) is 0 Å². The number of nitrogens with zero attached hydrogens (tertiary/aromatic N) is 1. The maximum absolute atomic E-state index is 11.8. The van der Waals surface area contributed by atoms with Crippen LogP contribution in [0.25, 0.3) is 0 Å². The molecular weight excluding hydrogens is 228 g/mol. The van der Waals surface area contributed by atoms with Crippen LogP contribution in [0.5, 0.6) is 0 Å². The molecule has 1 aliphatic heterocycles. The number of hydrogen-bond acceptors (Lipinski definition) is 2. The predicted octanol–water partition coefficient (Wildman–Crippen LogP) is 1.97. The molecule has 1 saturated heterocycles. The second-order valence-corrected chi connectivity index (χ2v) is 5.12. The molecule has 1 N–H and O–H groups in total. The van der Waals surface area contributed by atoms with Crippen molar-refractivity contribution in [1.82, 2.24) is 10.2 Å². The van der Waals surface area contributed by atoms with Crippen LogP contribution in [-0.4, -0.2) is 34.8 Å². The van der Waals surface area contributed by atoms with E-state index in [0.717, 1.165) is 12.8 Å². The Labute approximate surface area is 101 Å². The summed E-state index contributed by atoms with van der Waals surface area (Å²) in [6.45, 7) is 6.39. The van der Waals surface area contributed by atoms with Crippen molar-refractivity contribution in [3.63, 3.8) is 0 Å². The first kappa shape index (κ1) is 13.3. The number of hydrogen-bond donors (Lipinski definition) is 1. The summed E-state index contributed by atoms with van der Waals surface area (Å²) in [5, 5.41) is 1.64. The number of urea groups is 1. The van der Waals surface area contributed by atoms with E-state index in [-0.39, 0.29) is 12.1 Å². The van der Waals surface area contributed by atoms with Crippen molar-refractivity contribution < 1.29 is 9.59 Å². The highest BCUT2D eigenvalue weighted by Gasteiger charge is 2.29. The quantitative estimate of drug-likeness (QED) is 0.720. The van der Waals surface area contributed by atoms with Crippen LogP contribution in [0, 0.1) is 5.92 Å². The number of rotatable bonds is 1. The predicted molar refractivity (Wildman–Crippen MR) is 63.4 cm³/mol. The molecule has 0 radical (unpaired) electrons. The number of halogens is 1. The minimum atomic E-state index is -0.679. The third-order valence-electron chi connectivity index (χ3n) is 3.23. The van der Waals surface area contributed by atoms with Gasteiger partial charge in [0.25, 0.3) is 0 Å². The van der Waals surface area contributed by atoms with Gasteiger partial charge in [0.2, 0.25) is 5.91 Å². The SMILES string of the molecule is CC(Cl)C(=O)NC(=O)N1CCCC(C)C1C. The maximum atomic E-state index is 11.8. The molecule has 0 saturated carbocycles. The topological polar surface area (TPSA) is 49.4 Å². The third-order valence-corrected chi connectivity index (χ3v) is 3.42. The van der Waals surface area contributed by atoms with Gasteiger partial charge in [0, 0.05) is 12.6 Å². The summed E-state index contributed by atoms with van der Waals surface area (Å²) in [7, 11) is 0. The molecule has 1 heterocycles. The Balaban J connectivity index is 2.56. The molecule has 1 aliphatic rings. The van der Waals surface area contributed by atoms with Crippen molar-refractivity contribution in [1.29, 1.82) is 0 Å². The highest BCUT2D eigenvalue weighted by Crippen LogP contribution is 2.22. The van der Waals surface area contributed by atoms with Gasteiger partial charge in [-0.1, -0.05) is 6.92 Å². The lowest BCUT2D eigenvalue weighted by Crippen LogP contribution is -2.52. The highest BCUT2D eigenvalue weighted by molar-refractivity contribution is 6.31. The molecule has 16 heavy (non-hydrogen) atoms. The molecule has 3 atom stereocenters. The Hall–Kier alpha value is -0.770. The van der Waals surface area contributed by atoms with Gasteiger partial charge in [0.15, 0.2) is 0 Å². The van der Waals surface area contributed by atoms with Gasteiger partial charge in [0.1, 0.15) is 5.38 Å². The maximum Gasteiger partial charge on any atom is 0.324 e. The first-order valence-electron chi connectivity index (χ1n) is 5.69. The summed E-state index contributed by atoms with van der Waals surface area (Å²) in [4.78, 5) is 24.8. The zero-order chi connectivity index (χ0) is 12.3. The third kappa shape index (κ3) is 3.11. The second-order valence-electron chi connectivity index (χ2n) is 4.46. The van der Waals surface area contributed by atoms with Crippen LogP contribution in [-0.2, 0) is 4.79 Å². The Bertz CT molecular complexity index is 281. The first-order chi connectivity index (χ1) is 7.43. The van der Waals surface area contributed by atoms with E-state index in [1.54, 1.807) is 11.8 Å². The molecule has 3 amide bonds. The van der Waals surface area contributed by atoms with Crippen molar-refractivity contribution in [3.05, 3.63) is 0 Å². The molecule has 1 rings (SSSR count). The van der Waals surface area contributed by atoms with E-state index in [4.69, 9.17) is 11.6 Å². The van der Waals surface area contributed by atoms with Crippen molar-refractivity contribution in [2.24, 2.45) is 5.92 Å². The number of nitrogens with one attached hydrogen (secondary N) is 1. The molecule has 1 fully saturated rings.